The van der Waals surface area contributed by atoms with Gasteiger partial charge in [-0.25, -0.2) is 4.98 Å². The number of aryl methyl sites for hydroxylation is 1. The van der Waals surface area contributed by atoms with Crippen molar-refractivity contribution in [1.29, 1.82) is 0 Å². The van der Waals surface area contributed by atoms with Gasteiger partial charge in [-0.15, -0.1) is 10.2 Å². The SMILES string of the molecule is CC(NC(=O)c1sc(N(C)C)nc1N)c1nncn1C. The molecule has 0 saturated carbocycles. The summed E-state index contributed by atoms with van der Waals surface area (Å²) in [6.07, 6.45) is 1.59. The van der Waals surface area contributed by atoms with Gasteiger partial charge in [-0.2, -0.15) is 0 Å². The van der Waals surface area contributed by atoms with Crippen molar-refractivity contribution in [2.45, 2.75) is 13.0 Å². The topological polar surface area (TPSA) is 102 Å². The quantitative estimate of drug-likeness (QED) is 0.847. The van der Waals surface area contributed by atoms with Gasteiger partial charge in [0.1, 0.15) is 17.0 Å². The van der Waals surface area contributed by atoms with Crippen molar-refractivity contribution in [2.24, 2.45) is 7.05 Å². The molecule has 1 amide bonds. The fraction of sp³-hybridized carbons (Fsp3) is 0.455. The summed E-state index contributed by atoms with van der Waals surface area (Å²) in [4.78, 5) is 18.6. The van der Waals surface area contributed by atoms with E-state index in [-0.39, 0.29) is 17.8 Å². The molecule has 0 aliphatic heterocycles. The van der Waals surface area contributed by atoms with Crippen LogP contribution in [0.4, 0.5) is 10.9 Å². The molecule has 0 aliphatic carbocycles. The summed E-state index contributed by atoms with van der Waals surface area (Å²) in [6.45, 7) is 1.84. The van der Waals surface area contributed by atoms with Crippen molar-refractivity contribution < 1.29 is 4.79 Å². The molecule has 2 aromatic heterocycles. The van der Waals surface area contributed by atoms with Crippen LogP contribution in [0.15, 0.2) is 6.33 Å². The summed E-state index contributed by atoms with van der Waals surface area (Å²) in [5.41, 5.74) is 5.78. The number of anilines is 2. The molecule has 0 bridgehead atoms. The van der Waals surface area contributed by atoms with E-state index in [0.717, 1.165) is 0 Å². The summed E-state index contributed by atoms with van der Waals surface area (Å²) in [7, 11) is 5.52. The van der Waals surface area contributed by atoms with Gasteiger partial charge < -0.3 is 20.5 Å². The summed E-state index contributed by atoms with van der Waals surface area (Å²) >= 11 is 1.25. The van der Waals surface area contributed by atoms with Crippen LogP contribution in [0, 0.1) is 0 Å². The highest BCUT2D eigenvalue weighted by atomic mass is 32.1. The van der Waals surface area contributed by atoms with Gasteiger partial charge in [-0.1, -0.05) is 11.3 Å². The largest absolute Gasteiger partial charge is 0.382 e. The monoisotopic (exact) mass is 295 g/mol. The lowest BCUT2D eigenvalue weighted by Crippen LogP contribution is -2.28. The molecule has 0 radical (unpaired) electrons. The number of carbonyl (C=O) groups is 1. The van der Waals surface area contributed by atoms with E-state index in [1.54, 1.807) is 10.9 Å². The lowest BCUT2D eigenvalue weighted by Gasteiger charge is -2.12. The Hall–Kier alpha value is -2.16. The minimum Gasteiger partial charge on any atom is -0.382 e. The van der Waals surface area contributed by atoms with Crippen molar-refractivity contribution in [1.82, 2.24) is 25.1 Å². The zero-order valence-electron chi connectivity index (χ0n) is 11.8. The highest BCUT2D eigenvalue weighted by Crippen LogP contribution is 2.27. The van der Waals surface area contributed by atoms with Gasteiger partial charge in [-0.05, 0) is 6.92 Å². The van der Waals surface area contributed by atoms with Gasteiger partial charge in [-0.3, -0.25) is 4.79 Å². The molecule has 3 N–H and O–H groups in total. The van der Waals surface area contributed by atoms with E-state index >= 15 is 0 Å². The highest BCUT2D eigenvalue weighted by molar-refractivity contribution is 7.18. The van der Waals surface area contributed by atoms with Crippen LogP contribution in [0.5, 0.6) is 0 Å². The van der Waals surface area contributed by atoms with E-state index in [1.165, 1.54) is 11.3 Å². The molecule has 0 fully saturated rings. The van der Waals surface area contributed by atoms with Gasteiger partial charge in [0.2, 0.25) is 0 Å². The van der Waals surface area contributed by atoms with E-state index in [1.807, 2.05) is 33.0 Å². The maximum atomic E-state index is 12.2. The minimum absolute atomic E-state index is 0.237. The third-order valence-electron chi connectivity index (χ3n) is 2.71. The molecule has 1 atom stereocenters. The zero-order valence-corrected chi connectivity index (χ0v) is 12.6. The van der Waals surface area contributed by atoms with Crippen LogP contribution in [-0.4, -0.2) is 39.8 Å². The molecule has 2 rings (SSSR count). The summed E-state index contributed by atoms with van der Waals surface area (Å²) in [5, 5.41) is 11.3. The zero-order chi connectivity index (χ0) is 14.9. The van der Waals surface area contributed by atoms with Crippen molar-refractivity contribution in [3.05, 3.63) is 17.0 Å². The average molecular weight is 295 g/mol. The van der Waals surface area contributed by atoms with Gasteiger partial charge >= 0.3 is 0 Å². The van der Waals surface area contributed by atoms with Crippen LogP contribution in [-0.2, 0) is 7.05 Å². The highest BCUT2D eigenvalue weighted by Gasteiger charge is 2.20. The third kappa shape index (κ3) is 2.72. The van der Waals surface area contributed by atoms with E-state index in [2.05, 4.69) is 20.5 Å². The molecule has 2 heterocycles. The number of rotatable bonds is 4. The smallest absolute Gasteiger partial charge is 0.265 e. The number of carbonyl (C=O) groups excluding carboxylic acids is 1. The molecule has 0 aliphatic rings. The molecule has 20 heavy (non-hydrogen) atoms. The number of hydrogen-bond acceptors (Lipinski definition) is 7. The fourth-order valence-corrected chi connectivity index (χ4v) is 2.50. The Kier molecular flexibility index (Phi) is 3.89. The second-order valence-electron chi connectivity index (χ2n) is 4.60. The van der Waals surface area contributed by atoms with E-state index in [9.17, 15) is 4.79 Å². The predicted molar refractivity (Wildman–Crippen MR) is 77.7 cm³/mol. The number of nitrogen functional groups attached to an aromatic ring is 1. The van der Waals surface area contributed by atoms with Crippen LogP contribution in [0.25, 0.3) is 0 Å². The summed E-state index contributed by atoms with van der Waals surface area (Å²) in [5.74, 6) is 0.652. The number of aromatic nitrogens is 4. The maximum absolute atomic E-state index is 12.2. The Balaban J connectivity index is 2.14. The minimum atomic E-state index is -0.265. The molecule has 0 spiro atoms. The number of nitrogens with one attached hydrogen (secondary N) is 1. The average Bonchev–Trinajstić information content (AvgIpc) is 2.95. The Morgan fingerprint density at radius 1 is 1.55 bits per heavy atom. The van der Waals surface area contributed by atoms with E-state index < -0.39 is 0 Å². The molecule has 2 aromatic rings. The predicted octanol–water partition coefficient (Wildman–Crippen LogP) is 0.411. The first-order chi connectivity index (χ1) is 9.40. The number of amides is 1. The van der Waals surface area contributed by atoms with E-state index in [4.69, 9.17) is 5.73 Å². The maximum Gasteiger partial charge on any atom is 0.265 e. The molecular weight excluding hydrogens is 278 g/mol. The fourth-order valence-electron chi connectivity index (χ4n) is 1.69. The van der Waals surface area contributed by atoms with Crippen LogP contribution in [0.2, 0.25) is 0 Å². The van der Waals surface area contributed by atoms with Crippen molar-refractivity contribution in [3.8, 4) is 0 Å². The van der Waals surface area contributed by atoms with Crippen LogP contribution in [0.1, 0.15) is 28.5 Å². The summed E-state index contributed by atoms with van der Waals surface area (Å²) < 4.78 is 1.76. The van der Waals surface area contributed by atoms with Crippen LogP contribution >= 0.6 is 11.3 Å². The Morgan fingerprint density at radius 2 is 2.25 bits per heavy atom. The van der Waals surface area contributed by atoms with Crippen molar-refractivity contribution >= 4 is 28.2 Å². The molecular formula is C11H17N7OS. The van der Waals surface area contributed by atoms with Crippen molar-refractivity contribution in [3.63, 3.8) is 0 Å². The lowest BCUT2D eigenvalue weighted by atomic mass is 10.3. The van der Waals surface area contributed by atoms with Gasteiger partial charge in [0.15, 0.2) is 11.0 Å². The van der Waals surface area contributed by atoms with E-state index in [0.29, 0.717) is 15.8 Å². The Bertz CT molecular complexity index is 618. The number of hydrogen-bond donors (Lipinski definition) is 2. The first kappa shape index (κ1) is 14.3. The first-order valence-electron chi connectivity index (χ1n) is 5.98. The molecule has 9 heteroatoms. The second kappa shape index (κ2) is 5.45. The van der Waals surface area contributed by atoms with Crippen LogP contribution in [0.3, 0.4) is 0 Å². The number of nitrogens with zero attached hydrogens (tertiary/aromatic N) is 5. The molecule has 8 nitrogen and oxygen atoms in total. The second-order valence-corrected chi connectivity index (χ2v) is 5.58. The van der Waals surface area contributed by atoms with Crippen molar-refractivity contribution in [2.75, 3.05) is 24.7 Å². The third-order valence-corrected chi connectivity index (χ3v) is 3.95. The number of nitrogens with two attached hydrogens (primary N) is 1. The lowest BCUT2D eigenvalue weighted by molar-refractivity contribution is 0.0942. The molecule has 0 saturated heterocycles. The molecule has 1 unspecified atom stereocenters. The first-order valence-corrected chi connectivity index (χ1v) is 6.80. The van der Waals surface area contributed by atoms with Gasteiger partial charge in [0, 0.05) is 21.1 Å². The van der Waals surface area contributed by atoms with Gasteiger partial charge in [0.25, 0.3) is 5.91 Å². The summed E-state index contributed by atoms with van der Waals surface area (Å²) in [6, 6.07) is -0.265. The Morgan fingerprint density at radius 3 is 2.75 bits per heavy atom. The van der Waals surface area contributed by atoms with Gasteiger partial charge in [0.05, 0.1) is 6.04 Å². The standard InChI is InChI=1S/C11H17N7OS/c1-6(9-16-13-5-18(9)4)14-10(19)7-8(12)15-11(20-7)17(2)3/h5-6H,12H2,1-4H3,(H,14,19). The normalized spacial score (nSPS) is 12.2. The number of thiazole rings is 1. The molecule has 108 valence electrons. The van der Waals surface area contributed by atoms with Crippen LogP contribution < -0.4 is 16.0 Å². The Labute approximate surface area is 120 Å². The molecule has 0 aromatic carbocycles.